The molecule has 0 fully saturated rings. The lowest BCUT2D eigenvalue weighted by atomic mass is 9.96. The Kier molecular flexibility index (Phi) is 4.79. The van der Waals surface area contributed by atoms with Crippen LogP contribution in [0.3, 0.4) is 0 Å². The predicted molar refractivity (Wildman–Crippen MR) is 121 cm³/mol. The SMILES string of the molecule is COC[C@H](C)N1Cc2cc(-c3cnc4[nH]cc(-c5ccncc5)c4c3)cc(C)c2C1=O. The van der Waals surface area contributed by atoms with Crippen molar-refractivity contribution in [2.24, 2.45) is 0 Å². The summed E-state index contributed by atoms with van der Waals surface area (Å²) >= 11 is 0. The number of hydrogen-bond donors (Lipinski definition) is 1. The Hall–Kier alpha value is -3.51. The van der Waals surface area contributed by atoms with Gasteiger partial charge < -0.3 is 14.6 Å². The summed E-state index contributed by atoms with van der Waals surface area (Å²) in [4.78, 5) is 26.9. The van der Waals surface area contributed by atoms with Crippen LogP contribution >= 0.6 is 0 Å². The van der Waals surface area contributed by atoms with Crippen LogP contribution in [0.4, 0.5) is 0 Å². The Morgan fingerprint density at radius 3 is 2.74 bits per heavy atom. The van der Waals surface area contributed by atoms with E-state index >= 15 is 0 Å². The molecule has 1 amide bonds. The minimum Gasteiger partial charge on any atom is -0.383 e. The number of rotatable bonds is 5. The van der Waals surface area contributed by atoms with Gasteiger partial charge in [0, 0.05) is 60.5 Å². The second-order valence-electron chi connectivity index (χ2n) is 8.12. The lowest BCUT2D eigenvalue weighted by Crippen LogP contribution is -2.36. The Morgan fingerprint density at radius 1 is 1.16 bits per heavy atom. The second-order valence-corrected chi connectivity index (χ2v) is 8.12. The zero-order valence-electron chi connectivity index (χ0n) is 17.8. The van der Waals surface area contributed by atoms with Crippen molar-refractivity contribution < 1.29 is 9.53 Å². The molecule has 0 saturated carbocycles. The van der Waals surface area contributed by atoms with Crippen LogP contribution in [-0.2, 0) is 11.3 Å². The van der Waals surface area contributed by atoms with E-state index in [9.17, 15) is 4.79 Å². The number of methoxy groups -OCH3 is 1. The molecule has 0 radical (unpaired) electrons. The number of H-pyrrole nitrogens is 1. The molecule has 5 rings (SSSR count). The van der Waals surface area contributed by atoms with E-state index in [-0.39, 0.29) is 11.9 Å². The smallest absolute Gasteiger partial charge is 0.255 e. The van der Waals surface area contributed by atoms with Crippen molar-refractivity contribution in [3.05, 3.63) is 71.8 Å². The molecule has 1 aromatic carbocycles. The summed E-state index contributed by atoms with van der Waals surface area (Å²) in [6, 6.07) is 10.4. The summed E-state index contributed by atoms with van der Waals surface area (Å²) in [6.45, 7) is 5.16. The van der Waals surface area contributed by atoms with Gasteiger partial charge in [-0.05, 0) is 60.4 Å². The summed E-state index contributed by atoms with van der Waals surface area (Å²) in [7, 11) is 1.66. The minimum absolute atomic E-state index is 0.0357. The van der Waals surface area contributed by atoms with Crippen LogP contribution in [0.15, 0.2) is 55.1 Å². The van der Waals surface area contributed by atoms with Gasteiger partial charge in [-0.2, -0.15) is 0 Å². The maximum atomic E-state index is 13.0. The number of aromatic nitrogens is 3. The molecule has 6 nitrogen and oxygen atoms in total. The van der Waals surface area contributed by atoms with Gasteiger partial charge in [0.05, 0.1) is 12.6 Å². The quantitative estimate of drug-likeness (QED) is 0.520. The average molecular weight is 412 g/mol. The fraction of sp³-hybridized carbons (Fsp3) is 0.240. The highest BCUT2D eigenvalue weighted by molar-refractivity contribution is 6.01. The van der Waals surface area contributed by atoms with Gasteiger partial charge in [0.15, 0.2) is 0 Å². The van der Waals surface area contributed by atoms with Gasteiger partial charge in [0.1, 0.15) is 5.65 Å². The number of hydrogen-bond acceptors (Lipinski definition) is 4. The monoisotopic (exact) mass is 412 g/mol. The Labute approximate surface area is 180 Å². The number of aromatic amines is 1. The molecule has 0 bridgehead atoms. The van der Waals surface area contributed by atoms with Crippen LogP contribution in [0.5, 0.6) is 0 Å². The van der Waals surface area contributed by atoms with E-state index in [1.807, 2.05) is 43.3 Å². The maximum Gasteiger partial charge on any atom is 0.255 e. The maximum absolute atomic E-state index is 13.0. The van der Waals surface area contributed by atoms with Gasteiger partial charge in [-0.25, -0.2) is 4.98 Å². The topological polar surface area (TPSA) is 71.1 Å². The van der Waals surface area contributed by atoms with Gasteiger partial charge in [0.2, 0.25) is 0 Å². The molecule has 1 aliphatic rings. The predicted octanol–water partition coefficient (Wildman–Crippen LogP) is 4.59. The van der Waals surface area contributed by atoms with Crippen LogP contribution in [0, 0.1) is 6.92 Å². The summed E-state index contributed by atoms with van der Waals surface area (Å²) in [5.74, 6) is 0.0859. The van der Waals surface area contributed by atoms with Crippen molar-refractivity contribution >= 4 is 16.9 Å². The summed E-state index contributed by atoms with van der Waals surface area (Å²) in [5, 5.41) is 1.06. The number of ether oxygens (including phenoxy) is 1. The fourth-order valence-electron chi connectivity index (χ4n) is 4.48. The first-order valence-corrected chi connectivity index (χ1v) is 10.4. The van der Waals surface area contributed by atoms with Crippen molar-refractivity contribution in [1.29, 1.82) is 0 Å². The van der Waals surface area contributed by atoms with E-state index in [0.717, 1.165) is 50.0 Å². The molecule has 0 spiro atoms. The number of nitrogens with zero attached hydrogens (tertiary/aromatic N) is 3. The van der Waals surface area contributed by atoms with E-state index in [1.165, 1.54) is 0 Å². The zero-order chi connectivity index (χ0) is 21.5. The van der Waals surface area contributed by atoms with Crippen LogP contribution in [0.25, 0.3) is 33.3 Å². The molecule has 1 aliphatic heterocycles. The molecule has 0 saturated heterocycles. The number of carbonyl (C=O) groups excluding carboxylic acids is 1. The highest BCUT2D eigenvalue weighted by Gasteiger charge is 2.32. The Balaban J connectivity index is 1.56. The Bertz CT molecular complexity index is 1280. The summed E-state index contributed by atoms with van der Waals surface area (Å²) in [6.07, 6.45) is 7.46. The first-order valence-electron chi connectivity index (χ1n) is 10.4. The molecule has 0 unspecified atom stereocenters. The molecule has 1 N–H and O–H groups in total. The molecule has 6 heteroatoms. The van der Waals surface area contributed by atoms with Gasteiger partial charge >= 0.3 is 0 Å². The molecule has 4 heterocycles. The fourth-order valence-corrected chi connectivity index (χ4v) is 4.48. The molecular weight excluding hydrogens is 388 g/mol. The molecule has 156 valence electrons. The summed E-state index contributed by atoms with van der Waals surface area (Å²) in [5.41, 5.74) is 8.02. The zero-order valence-corrected chi connectivity index (χ0v) is 17.8. The third-order valence-corrected chi connectivity index (χ3v) is 6.03. The lowest BCUT2D eigenvalue weighted by Gasteiger charge is -2.23. The molecule has 31 heavy (non-hydrogen) atoms. The van der Waals surface area contributed by atoms with Crippen molar-refractivity contribution in [3.63, 3.8) is 0 Å². The normalized spacial score (nSPS) is 14.3. The highest BCUT2D eigenvalue weighted by atomic mass is 16.5. The van der Waals surface area contributed by atoms with Gasteiger partial charge in [-0.3, -0.25) is 9.78 Å². The van der Waals surface area contributed by atoms with E-state index in [2.05, 4.69) is 33.2 Å². The largest absolute Gasteiger partial charge is 0.383 e. The second kappa shape index (κ2) is 7.63. The van der Waals surface area contributed by atoms with Gasteiger partial charge in [-0.15, -0.1) is 0 Å². The first-order chi connectivity index (χ1) is 15.1. The van der Waals surface area contributed by atoms with Crippen LogP contribution in [0.1, 0.15) is 28.4 Å². The first kappa shape index (κ1) is 19.5. The third kappa shape index (κ3) is 3.29. The van der Waals surface area contributed by atoms with E-state index in [1.54, 1.807) is 19.5 Å². The minimum atomic E-state index is 0.0357. The number of amides is 1. The number of fused-ring (bicyclic) bond motifs is 2. The summed E-state index contributed by atoms with van der Waals surface area (Å²) < 4.78 is 5.26. The van der Waals surface area contributed by atoms with Crippen LogP contribution < -0.4 is 0 Å². The standard InChI is InChI=1S/C25H24N4O2/c1-15-8-18(9-20-13-29(16(2)14-31-3)25(30)23(15)20)19-10-21-22(12-28-24(21)27-11-19)17-4-6-26-7-5-17/h4-12,16H,13-14H2,1-3H3,(H,27,28)/t16-/m0/s1. The molecule has 1 atom stereocenters. The number of nitrogens with one attached hydrogen (secondary N) is 1. The van der Waals surface area contributed by atoms with Crippen molar-refractivity contribution in [2.75, 3.05) is 13.7 Å². The number of aryl methyl sites for hydroxylation is 1. The average Bonchev–Trinajstić information content (AvgIpc) is 3.35. The van der Waals surface area contributed by atoms with E-state index in [0.29, 0.717) is 13.2 Å². The lowest BCUT2D eigenvalue weighted by molar-refractivity contribution is 0.0588. The molecular formula is C25H24N4O2. The van der Waals surface area contributed by atoms with Crippen molar-refractivity contribution in [3.8, 4) is 22.3 Å². The highest BCUT2D eigenvalue weighted by Crippen LogP contribution is 2.35. The third-order valence-electron chi connectivity index (χ3n) is 6.03. The molecule has 0 aliphatic carbocycles. The van der Waals surface area contributed by atoms with E-state index in [4.69, 9.17) is 4.74 Å². The van der Waals surface area contributed by atoms with Crippen molar-refractivity contribution in [2.45, 2.75) is 26.4 Å². The van der Waals surface area contributed by atoms with Crippen molar-refractivity contribution in [1.82, 2.24) is 19.9 Å². The number of carbonyl (C=O) groups is 1. The molecule has 3 aromatic heterocycles. The van der Waals surface area contributed by atoms with Gasteiger partial charge in [0.25, 0.3) is 5.91 Å². The van der Waals surface area contributed by atoms with E-state index < -0.39 is 0 Å². The van der Waals surface area contributed by atoms with Gasteiger partial charge in [-0.1, -0.05) is 6.07 Å². The van der Waals surface area contributed by atoms with Crippen LogP contribution in [-0.4, -0.2) is 45.5 Å². The van der Waals surface area contributed by atoms with Crippen LogP contribution in [0.2, 0.25) is 0 Å². The number of benzene rings is 1. The Morgan fingerprint density at radius 2 is 1.97 bits per heavy atom. The molecule has 4 aromatic rings. The number of pyridine rings is 2.